The molecule has 25 heavy (non-hydrogen) atoms. The number of fused-ring (bicyclic) bond motifs is 1. The third kappa shape index (κ3) is 3.56. The topological polar surface area (TPSA) is 95.4 Å². The molecule has 0 saturated carbocycles. The molecule has 0 aliphatic carbocycles. The second-order valence-corrected chi connectivity index (χ2v) is 7.83. The van der Waals surface area contributed by atoms with Crippen molar-refractivity contribution in [1.82, 2.24) is 9.88 Å². The number of halogens is 1. The second kappa shape index (κ2) is 7.39. The van der Waals surface area contributed by atoms with Gasteiger partial charge in [0, 0.05) is 42.8 Å². The van der Waals surface area contributed by atoms with Crippen LogP contribution in [0.2, 0.25) is 0 Å². The second-order valence-electron chi connectivity index (χ2n) is 6.88. The average molecular weight is 412 g/mol. The van der Waals surface area contributed by atoms with Crippen LogP contribution < -0.4 is 16.4 Å². The molecule has 2 atom stereocenters. The number of likely N-dealkylation sites (tertiary alicyclic amines) is 1. The van der Waals surface area contributed by atoms with Crippen LogP contribution in [0.15, 0.2) is 10.7 Å². The van der Waals surface area contributed by atoms with Crippen LogP contribution in [0.1, 0.15) is 25.8 Å². The molecule has 1 aromatic heterocycles. The fourth-order valence-corrected chi connectivity index (χ4v) is 3.94. The highest BCUT2D eigenvalue weighted by atomic mass is 79.9. The first-order valence-electron chi connectivity index (χ1n) is 8.60. The largest absolute Gasteiger partial charge is 0.380 e. The van der Waals surface area contributed by atoms with Crippen molar-refractivity contribution in [3.63, 3.8) is 0 Å². The molecule has 0 radical (unpaired) electrons. The molecule has 138 valence electrons. The van der Waals surface area contributed by atoms with Crippen molar-refractivity contribution in [3.05, 3.63) is 16.2 Å². The first-order chi connectivity index (χ1) is 11.9. The van der Waals surface area contributed by atoms with E-state index in [9.17, 15) is 4.79 Å². The minimum atomic E-state index is -0.0798. The van der Waals surface area contributed by atoms with E-state index < -0.39 is 0 Å². The lowest BCUT2D eigenvalue weighted by Crippen LogP contribution is -2.51. The van der Waals surface area contributed by atoms with Gasteiger partial charge in [-0.15, -0.1) is 0 Å². The van der Waals surface area contributed by atoms with Gasteiger partial charge in [-0.25, -0.2) is 0 Å². The molecule has 1 fully saturated rings. The normalized spacial score (nSPS) is 23.5. The molecule has 7 nitrogen and oxygen atoms in total. The molecule has 8 heteroatoms. The first-order valence-corrected chi connectivity index (χ1v) is 9.40. The molecule has 0 bridgehead atoms. The molecule has 1 saturated heterocycles. The van der Waals surface area contributed by atoms with E-state index in [1.807, 2.05) is 20.0 Å². The number of H-pyrrole nitrogens is 1. The summed E-state index contributed by atoms with van der Waals surface area (Å²) in [6.07, 6.45) is 2.80. The van der Waals surface area contributed by atoms with Gasteiger partial charge in [0.2, 0.25) is 5.91 Å². The number of ether oxygens (including phenoxy) is 1. The van der Waals surface area contributed by atoms with Crippen molar-refractivity contribution in [2.75, 3.05) is 37.4 Å². The summed E-state index contributed by atoms with van der Waals surface area (Å²) in [5, 5.41) is 6.36. The zero-order chi connectivity index (χ0) is 18.1. The maximum Gasteiger partial charge on any atom is 0.226 e. The Morgan fingerprint density at radius 2 is 2.28 bits per heavy atom. The average Bonchev–Trinajstić information content (AvgIpc) is 2.97. The highest BCUT2D eigenvalue weighted by molar-refractivity contribution is 9.11. The van der Waals surface area contributed by atoms with Crippen LogP contribution >= 0.6 is 15.9 Å². The fraction of sp³-hybridized carbons (Fsp3) is 0.588. The number of piperidine rings is 1. The maximum atomic E-state index is 12.2. The van der Waals surface area contributed by atoms with Crippen molar-refractivity contribution < 1.29 is 9.53 Å². The smallest absolute Gasteiger partial charge is 0.226 e. The van der Waals surface area contributed by atoms with Crippen molar-refractivity contribution in [2.24, 2.45) is 11.7 Å². The number of amides is 1. The van der Waals surface area contributed by atoms with Crippen LogP contribution in [0.4, 0.5) is 11.5 Å². The summed E-state index contributed by atoms with van der Waals surface area (Å²) >= 11 is 3.70. The first kappa shape index (κ1) is 18.3. The van der Waals surface area contributed by atoms with Gasteiger partial charge >= 0.3 is 0 Å². The molecular formula is C17H26BrN5O2. The van der Waals surface area contributed by atoms with Crippen LogP contribution in [0.25, 0.3) is 5.70 Å². The van der Waals surface area contributed by atoms with Gasteiger partial charge in [0.15, 0.2) is 0 Å². The zero-order valence-electron chi connectivity index (χ0n) is 14.9. The SMILES string of the molecule is CO[C@H]1CCN(C2=C(Br)CNc3[nH]cc(NC(=O)C(C)C)c32)C[C@@H]1N. The van der Waals surface area contributed by atoms with Gasteiger partial charge in [-0.05, 0) is 6.42 Å². The lowest BCUT2D eigenvalue weighted by atomic mass is 9.99. The zero-order valence-corrected chi connectivity index (χ0v) is 16.4. The minimum absolute atomic E-state index is 0.00219. The van der Waals surface area contributed by atoms with Gasteiger partial charge in [0.1, 0.15) is 5.82 Å². The molecule has 2 aliphatic heterocycles. The van der Waals surface area contributed by atoms with E-state index in [0.717, 1.165) is 40.2 Å². The summed E-state index contributed by atoms with van der Waals surface area (Å²) < 4.78 is 6.53. The number of methoxy groups -OCH3 is 1. The van der Waals surface area contributed by atoms with Gasteiger partial charge in [-0.1, -0.05) is 29.8 Å². The third-order valence-electron chi connectivity index (χ3n) is 4.79. The molecular weight excluding hydrogens is 386 g/mol. The predicted octanol–water partition coefficient (Wildman–Crippen LogP) is 2.15. The Bertz CT molecular complexity index is 685. The fourth-order valence-electron chi connectivity index (χ4n) is 3.36. The monoisotopic (exact) mass is 411 g/mol. The number of nitrogens with zero attached hydrogens (tertiary/aromatic N) is 1. The van der Waals surface area contributed by atoms with Crippen molar-refractivity contribution >= 4 is 39.0 Å². The van der Waals surface area contributed by atoms with E-state index in [2.05, 4.69) is 36.4 Å². The van der Waals surface area contributed by atoms with E-state index in [0.29, 0.717) is 13.1 Å². The Morgan fingerprint density at radius 1 is 1.52 bits per heavy atom. The molecule has 0 aromatic carbocycles. The molecule has 1 aromatic rings. The number of hydrogen-bond acceptors (Lipinski definition) is 5. The van der Waals surface area contributed by atoms with E-state index in [4.69, 9.17) is 10.5 Å². The van der Waals surface area contributed by atoms with Crippen LogP contribution in [0.3, 0.4) is 0 Å². The van der Waals surface area contributed by atoms with E-state index >= 15 is 0 Å². The van der Waals surface area contributed by atoms with Crippen LogP contribution in [-0.4, -0.2) is 54.7 Å². The Labute approximate surface area is 156 Å². The van der Waals surface area contributed by atoms with Crippen molar-refractivity contribution in [2.45, 2.75) is 32.4 Å². The number of anilines is 2. The Morgan fingerprint density at radius 3 is 2.92 bits per heavy atom. The van der Waals surface area contributed by atoms with E-state index in [-0.39, 0.29) is 24.0 Å². The van der Waals surface area contributed by atoms with Gasteiger partial charge in [-0.2, -0.15) is 0 Å². The predicted molar refractivity (Wildman–Crippen MR) is 104 cm³/mol. The molecule has 1 amide bonds. The number of carbonyl (C=O) groups excluding carboxylic acids is 1. The molecule has 0 spiro atoms. The number of rotatable bonds is 4. The summed E-state index contributed by atoms with van der Waals surface area (Å²) in [5.74, 6) is 0.834. The maximum absolute atomic E-state index is 12.2. The summed E-state index contributed by atoms with van der Waals surface area (Å²) in [7, 11) is 1.71. The van der Waals surface area contributed by atoms with Gasteiger partial charge in [-0.3, -0.25) is 4.79 Å². The number of nitrogens with two attached hydrogens (primary N) is 1. The minimum Gasteiger partial charge on any atom is -0.380 e. The lowest BCUT2D eigenvalue weighted by molar-refractivity contribution is -0.118. The highest BCUT2D eigenvalue weighted by Gasteiger charge is 2.33. The summed E-state index contributed by atoms with van der Waals surface area (Å²) in [4.78, 5) is 17.7. The number of hydrogen-bond donors (Lipinski definition) is 4. The van der Waals surface area contributed by atoms with E-state index in [1.54, 1.807) is 7.11 Å². The standard InChI is InChI=1S/C17H26BrN5O2/c1-9(2)17(24)22-12-7-21-16-14(12)15(10(18)6-20-16)23-5-4-13(25-3)11(19)8-23/h7,9,11,13,20-21H,4-6,8,19H2,1-3H3,(H,22,24)/t11-,13-/m0/s1. The molecule has 3 heterocycles. The Balaban J connectivity index is 1.91. The number of nitrogens with one attached hydrogen (secondary N) is 3. The van der Waals surface area contributed by atoms with Crippen LogP contribution in [0, 0.1) is 5.92 Å². The molecule has 0 unspecified atom stereocenters. The lowest BCUT2D eigenvalue weighted by Gasteiger charge is -2.40. The number of aromatic amines is 1. The number of carbonyl (C=O) groups is 1. The van der Waals surface area contributed by atoms with E-state index in [1.165, 1.54) is 0 Å². The van der Waals surface area contributed by atoms with Crippen LogP contribution in [0.5, 0.6) is 0 Å². The summed E-state index contributed by atoms with van der Waals surface area (Å²) in [5.41, 5.74) is 9.14. The number of aromatic nitrogens is 1. The van der Waals surface area contributed by atoms with Crippen LogP contribution in [-0.2, 0) is 9.53 Å². The highest BCUT2D eigenvalue weighted by Crippen LogP contribution is 2.41. The quantitative estimate of drug-likeness (QED) is 0.608. The van der Waals surface area contributed by atoms with Crippen molar-refractivity contribution in [3.8, 4) is 0 Å². The molecule has 2 aliphatic rings. The summed E-state index contributed by atoms with van der Waals surface area (Å²) in [6.45, 7) is 6.03. The summed E-state index contributed by atoms with van der Waals surface area (Å²) in [6, 6.07) is -0.0440. The Hall–Kier alpha value is -1.51. The molecule has 5 N–H and O–H groups in total. The Kier molecular flexibility index (Phi) is 5.41. The van der Waals surface area contributed by atoms with Gasteiger partial charge < -0.3 is 31.0 Å². The van der Waals surface area contributed by atoms with Crippen molar-refractivity contribution in [1.29, 1.82) is 0 Å². The molecule has 3 rings (SSSR count). The van der Waals surface area contributed by atoms with Gasteiger partial charge in [0.25, 0.3) is 0 Å². The van der Waals surface area contributed by atoms with Gasteiger partial charge in [0.05, 0.1) is 29.6 Å². The third-order valence-corrected chi connectivity index (χ3v) is 5.44.